The van der Waals surface area contributed by atoms with Crippen molar-refractivity contribution in [2.75, 3.05) is 18.6 Å². The summed E-state index contributed by atoms with van der Waals surface area (Å²) in [5.74, 6) is -0.0574. The van der Waals surface area contributed by atoms with Crippen LogP contribution in [0.3, 0.4) is 0 Å². The molecule has 19 heavy (non-hydrogen) atoms. The molecule has 0 aromatic carbocycles. The van der Waals surface area contributed by atoms with Crippen LogP contribution in [0.4, 0.5) is 0 Å². The van der Waals surface area contributed by atoms with Crippen molar-refractivity contribution in [2.45, 2.75) is 10.6 Å². The van der Waals surface area contributed by atoms with Gasteiger partial charge in [0.05, 0.1) is 10.6 Å². The number of thiophene rings is 1. The van der Waals surface area contributed by atoms with E-state index in [2.05, 4.69) is 4.72 Å². The highest BCUT2D eigenvalue weighted by molar-refractivity contribution is 7.91. The SMILES string of the molecule is CS(=O)(=O)CCCNS(=O)(=O)c1ccc(C(N)=S)s1. The van der Waals surface area contributed by atoms with Crippen LogP contribution in [0.15, 0.2) is 16.3 Å². The molecule has 0 atom stereocenters. The molecular formula is C9H14N2O4S4. The van der Waals surface area contributed by atoms with E-state index in [1.165, 1.54) is 12.1 Å². The minimum atomic E-state index is -3.63. The quantitative estimate of drug-likeness (QED) is 0.537. The van der Waals surface area contributed by atoms with E-state index in [0.717, 1.165) is 17.6 Å². The highest BCUT2D eigenvalue weighted by Crippen LogP contribution is 2.21. The summed E-state index contributed by atoms with van der Waals surface area (Å²) in [4.78, 5) is 0.662. The number of nitrogens with one attached hydrogen (secondary N) is 1. The maximum absolute atomic E-state index is 11.9. The molecule has 0 aliphatic rings. The van der Waals surface area contributed by atoms with Crippen molar-refractivity contribution in [2.24, 2.45) is 5.73 Å². The zero-order valence-electron chi connectivity index (χ0n) is 10.1. The van der Waals surface area contributed by atoms with Gasteiger partial charge in [0.15, 0.2) is 0 Å². The van der Waals surface area contributed by atoms with Gasteiger partial charge in [-0.3, -0.25) is 0 Å². The zero-order chi connectivity index (χ0) is 14.7. The molecule has 1 heterocycles. The van der Waals surface area contributed by atoms with Crippen LogP contribution in [0.25, 0.3) is 0 Å². The number of sulfone groups is 1. The molecule has 1 aromatic heterocycles. The van der Waals surface area contributed by atoms with Gasteiger partial charge in [-0.2, -0.15) is 0 Å². The van der Waals surface area contributed by atoms with E-state index >= 15 is 0 Å². The van der Waals surface area contributed by atoms with Crippen LogP contribution >= 0.6 is 23.6 Å². The molecule has 0 unspecified atom stereocenters. The van der Waals surface area contributed by atoms with Crippen LogP contribution in [-0.4, -0.2) is 40.4 Å². The summed E-state index contributed by atoms with van der Waals surface area (Å²) >= 11 is 5.73. The van der Waals surface area contributed by atoms with E-state index in [0.29, 0.717) is 4.88 Å². The number of hydrogen-bond acceptors (Lipinski definition) is 6. The van der Waals surface area contributed by atoms with E-state index in [9.17, 15) is 16.8 Å². The van der Waals surface area contributed by atoms with E-state index < -0.39 is 19.9 Å². The van der Waals surface area contributed by atoms with Gasteiger partial charge in [0, 0.05) is 12.8 Å². The van der Waals surface area contributed by atoms with Crippen molar-refractivity contribution in [1.29, 1.82) is 0 Å². The van der Waals surface area contributed by atoms with E-state index in [-0.39, 0.29) is 27.9 Å². The first-order chi connectivity index (χ1) is 8.62. The molecule has 0 amide bonds. The third-order valence-corrected chi connectivity index (χ3v) is 6.52. The molecule has 108 valence electrons. The second-order valence-electron chi connectivity index (χ2n) is 3.86. The molecule has 1 aromatic rings. The highest BCUT2D eigenvalue weighted by Gasteiger charge is 2.17. The third kappa shape index (κ3) is 5.53. The molecule has 6 nitrogen and oxygen atoms in total. The van der Waals surface area contributed by atoms with Crippen LogP contribution in [0.2, 0.25) is 0 Å². The molecule has 3 N–H and O–H groups in total. The van der Waals surface area contributed by atoms with Gasteiger partial charge in [-0.25, -0.2) is 21.6 Å². The molecule has 0 bridgehead atoms. The number of sulfonamides is 1. The Kier molecular flexibility index (Phi) is 5.44. The van der Waals surface area contributed by atoms with Crippen LogP contribution < -0.4 is 10.5 Å². The zero-order valence-corrected chi connectivity index (χ0v) is 13.4. The minimum Gasteiger partial charge on any atom is -0.389 e. The predicted octanol–water partition coefficient (Wildman–Crippen LogP) is 0.0953. The smallest absolute Gasteiger partial charge is 0.250 e. The topological polar surface area (TPSA) is 106 Å². The van der Waals surface area contributed by atoms with Crippen molar-refractivity contribution in [1.82, 2.24) is 4.72 Å². The molecule has 1 rings (SSSR count). The number of hydrogen-bond donors (Lipinski definition) is 2. The first-order valence-corrected chi connectivity index (χ1v) is 9.96. The van der Waals surface area contributed by atoms with Crippen LogP contribution in [0.5, 0.6) is 0 Å². The van der Waals surface area contributed by atoms with Gasteiger partial charge in [-0.05, 0) is 18.6 Å². The average molecular weight is 342 g/mol. The maximum Gasteiger partial charge on any atom is 0.250 e. The van der Waals surface area contributed by atoms with Gasteiger partial charge < -0.3 is 5.73 Å². The summed E-state index contributed by atoms with van der Waals surface area (Å²) in [6.07, 6.45) is 1.33. The summed E-state index contributed by atoms with van der Waals surface area (Å²) in [5, 5.41) is 0. The Labute approximate surface area is 122 Å². The molecule has 0 saturated carbocycles. The normalized spacial score (nSPS) is 12.5. The van der Waals surface area contributed by atoms with Gasteiger partial charge in [0.25, 0.3) is 0 Å². The van der Waals surface area contributed by atoms with E-state index in [1.54, 1.807) is 0 Å². The Morgan fingerprint density at radius 3 is 2.47 bits per heavy atom. The predicted molar refractivity (Wildman–Crippen MR) is 79.7 cm³/mol. The molecule has 0 fully saturated rings. The second-order valence-corrected chi connectivity index (χ2v) is 9.64. The minimum absolute atomic E-state index is 0.0574. The first kappa shape index (κ1) is 16.5. The van der Waals surface area contributed by atoms with Crippen LogP contribution in [0.1, 0.15) is 11.3 Å². The van der Waals surface area contributed by atoms with E-state index in [1.807, 2.05) is 0 Å². The molecule has 0 aliphatic carbocycles. The number of nitrogens with two attached hydrogens (primary N) is 1. The summed E-state index contributed by atoms with van der Waals surface area (Å²) in [6, 6.07) is 2.95. The Morgan fingerprint density at radius 2 is 2.00 bits per heavy atom. The lowest BCUT2D eigenvalue weighted by atomic mass is 10.5. The lowest BCUT2D eigenvalue weighted by Crippen LogP contribution is -2.25. The fourth-order valence-corrected chi connectivity index (χ4v) is 4.35. The van der Waals surface area contributed by atoms with Gasteiger partial charge in [-0.1, -0.05) is 12.2 Å². The Morgan fingerprint density at radius 1 is 1.37 bits per heavy atom. The fraction of sp³-hybridized carbons (Fsp3) is 0.444. The van der Waals surface area contributed by atoms with Crippen molar-refractivity contribution in [3.63, 3.8) is 0 Å². The summed E-state index contributed by atoms with van der Waals surface area (Å²) in [7, 11) is -6.71. The summed E-state index contributed by atoms with van der Waals surface area (Å²) in [6.45, 7) is 0.0652. The Balaban J connectivity index is 2.63. The van der Waals surface area contributed by atoms with Gasteiger partial charge in [0.2, 0.25) is 10.0 Å². The summed E-state index contributed by atoms with van der Waals surface area (Å²) < 4.78 is 48.0. The average Bonchev–Trinajstić information content (AvgIpc) is 2.73. The molecule has 0 radical (unpaired) electrons. The van der Waals surface area contributed by atoms with E-state index in [4.69, 9.17) is 18.0 Å². The molecule has 0 spiro atoms. The Hall–Kier alpha value is -0.550. The standard InChI is InChI=1S/C9H14N2O4S4/c1-18(12,13)6-2-5-11-19(14,15)8-4-3-7(17-8)9(10)16/h3-4,11H,2,5-6H2,1H3,(H2,10,16). The van der Waals surface area contributed by atoms with Crippen LogP contribution in [-0.2, 0) is 19.9 Å². The molecule has 0 saturated heterocycles. The highest BCUT2D eigenvalue weighted by atomic mass is 32.2. The van der Waals surface area contributed by atoms with Gasteiger partial charge >= 0.3 is 0 Å². The van der Waals surface area contributed by atoms with Crippen molar-refractivity contribution in [3.8, 4) is 0 Å². The van der Waals surface area contributed by atoms with Gasteiger partial charge in [0.1, 0.15) is 19.0 Å². The fourth-order valence-electron chi connectivity index (χ4n) is 1.21. The van der Waals surface area contributed by atoms with Crippen molar-refractivity contribution >= 4 is 48.4 Å². The van der Waals surface area contributed by atoms with Crippen LogP contribution in [0, 0.1) is 0 Å². The molecule has 10 heteroatoms. The third-order valence-electron chi connectivity index (χ3n) is 2.07. The monoisotopic (exact) mass is 342 g/mol. The number of rotatable bonds is 7. The van der Waals surface area contributed by atoms with Gasteiger partial charge in [-0.15, -0.1) is 11.3 Å². The molecular weight excluding hydrogens is 328 g/mol. The lowest BCUT2D eigenvalue weighted by Gasteiger charge is -2.03. The lowest BCUT2D eigenvalue weighted by molar-refractivity contribution is 0.579. The second kappa shape index (κ2) is 6.27. The maximum atomic E-state index is 11.9. The number of thiocarbonyl (C=S) groups is 1. The largest absolute Gasteiger partial charge is 0.389 e. The molecule has 0 aliphatic heterocycles. The Bertz CT molecular complexity index is 660. The van der Waals surface area contributed by atoms with Crippen molar-refractivity contribution in [3.05, 3.63) is 17.0 Å². The van der Waals surface area contributed by atoms with Crippen molar-refractivity contribution < 1.29 is 16.8 Å². The first-order valence-electron chi connectivity index (χ1n) is 5.19. The summed E-state index contributed by atoms with van der Waals surface area (Å²) in [5.41, 5.74) is 5.40.